The monoisotopic (exact) mass is 286 g/mol. The Morgan fingerprint density at radius 3 is 2.53 bits per heavy atom. The molecule has 0 aliphatic rings. The van der Waals surface area contributed by atoms with Crippen molar-refractivity contribution in [3.63, 3.8) is 0 Å². The van der Waals surface area contributed by atoms with Crippen molar-refractivity contribution >= 4 is 23.2 Å². The second-order valence-electron chi connectivity index (χ2n) is 4.82. The van der Waals surface area contributed by atoms with Crippen molar-refractivity contribution in [1.82, 2.24) is 9.88 Å². The van der Waals surface area contributed by atoms with Gasteiger partial charge in [-0.05, 0) is 19.3 Å². The highest BCUT2D eigenvalue weighted by atomic mass is 32.1. The van der Waals surface area contributed by atoms with Crippen molar-refractivity contribution in [3.8, 4) is 0 Å². The van der Waals surface area contributed by atoms with Gasteiger partial charge in [0, 0.05) is 11.1 Å². The fourth-order valence-electron chi connectivity index (χ4n) is 1.67. The Morgan fingerprint density at radius 2 is 2.11 bits per heavy atom. The molecule has 106 valence electrons. The van der Waals surface area contributed by atoms with E-state index in [2.05, 4.69) is 5.32 Å². The van der Waals surface area contributed by atoms with Gasteiger partial charge >= 0.3 is 10.8 Å². The quantitative estimate of drug-likeness (QED) is 0.811. The van der Waals surface area contributed by atoms with Crippen LogP contribution in [0.3, 0.4) is 0 Å². The molecule has 0 saturated carbocycles. The number of aliphatic carboxylic acids is 1. The summed E-state index contributed by atoms with van der Waals surface area (Å²) in [4.78, 5) is 34.0. The van der Waals surface area contributed by atoms with Crippen LogP contribution in [0.2, 0.25) is 0 Å². The summed E-state index contributed by atoms with van der Waals surface area (Å²) in [6.45, 7) is 5.36. The Labute approximate surface area is 115 Å². The number of carboxylic acid groups (broad SMARTS) is 1. The first kappa shape index (κ1) is 15.4. The molecule has 1 amide bonds. The number of nitrogens with zero attached hydrogens (tertiary/aromatic N) is 1. The molecule has 0 saturated heterocycles. The molecule has 0 fully saturated rings. The number of aromatic nitrogens is 1. The van der Waals surface area contributed by atoms with Crippen molar-refractivity contribution in [2.75, 3.05) is 0 Å². The molecule has 0 aromatic carbocycles. The second kappa shape index (κ2) is 6.51. The molecule has 1 aromatic heterocycles. The lowest BCUT2D eigenvalue weighted by atomic mass is 10.0. The number of rotatable bonds is 6. The first-order valence-corrected chi connectivity index (χ1v) is 6.86. The molecule has 0 unspecified atom stereocenters. The second-order valence-corrected chi connectivity index (χ2v) is 5.64. The molecule has 6 nitrogen and oxygen atoms in total. The van der Waals surface area contributed by atoms with E-state index in [1.54, 1.807) is 12.3 Å². The number of nitrogens with one attached hydrogen (secondary N) is 1. The highest BCUT2D eigenvalue weighted by Gasteiger charge is 2.21. The van der Waals surface area contributed by atoms with Gasteiger partial charge in [0.25, 0.3) is 0 Å². The summed E-state index contributed by atoms with van der Waals surface area (Å²) in [5, 5.41) is 13.1. The molecule has 0 bridgehead atoms. The van der Waals surface area contributed by atoms with E-state index in [1.165, 1.54) is 4.57 Å². The van der Waals surface area contributed by atoms with Gasteiger partial charge in [-0.25, -0.2) is 4.79 Å². The van der Waals surface area contributed by atoms with Gasteiger partial charge in [-0.15, -0.1) is 0 Å². The molecular formula is C12H18N2O4S. The maximum Gasteiger partial charge on any atom is 0.326 e. The summed E-state index contributed by atoms with van der Waals surface area (Å²) in [6.07, 6.45) is 0.360. The topological polar surface area (TPSA) is 88.4 Å². The van der Waals surface area contributed by atoms with Gasteiger partial charge in [-0.3, -0.25) is 14.2 Å². The first-order valence-electron chi connectivity index (χ1n) is 5.98. The molecule has 0 radical (unpaired) electrons. The van der Waals surface area contributed by atoms with Crippen molar-refractivity contribution in [3.05, 3.63) is 20.7 Å². The van der Waals surface area contributed by atoms with Crippen LogP contribution >= 0.6 is 11.3 Å². The number of hydrogen-bond donors (Lipinski definition) is 2. The number of thiazole rings is 1. The zero-order chi connectivity index (χ0) is 14.6. The maximum absolute atomic E-state index is 11.8. The number of hydrogen-bond acceptors (Lipinski definition) is 4. The molecule has 2 N–H and O–H groups in total. The number of amides is 1. The molecule has 0 aliphatic carbocycles. The van der Waals surface area contributed by atoms with Crippen LogP contribution in [0.4, 0.5) is 0 Å². The normalized spacial score (nSPS) is 12.4. The van der Waals surface area contributed by atoms with E-state index >= 15 is 0 Å². The number of carbonyl (C=O) groups excluding carboxylic acids is 1. The fraction of sp³-hybridized carbons (Fsp3) is 0.583. The Morgan fingerprint density at radius 1 is 1.47 bits per heavy atom. The van der Waals surface area contributed by atoms with E-state index in [4.69, 9.17) is 5.11 Å². The third kappa shape index (κ3) is 4.51. The molecule has 1 heterocycles. The minimum absolute atomic E-state index is 0.143. The predicted octanol–water partition coefficient (Wildman–Crippen LogP) is 0.834. The summed E-state index contributed by atoms with van der Waals surface area (Å²) in [5.74, 6) is -1.36. The minimum Gasteiger partial charge on any atom is -0.480 e. The highest BCUT2D eigenvalue weighted by molar-refractivity contribution is 7.07. The molecule has 0 spiro atoms. The van der Waals surface area contributed by atoms with Crippen LogP contribution in [0.25, 0.3) is 0 Å². The summed E-state index contributed by atoms with van der Waals surface area (Å²) >= 11 is 1.02. The van der Waals surface area contributed by atoms with Crippen LogP contribution in [0.1, 0.15) is 26.0 Å². The van der Waals surface area contributed by atoms with E-state index in [0.29, 0.717) is 12.1 Å². The van der Waals surface area contributed by atoms with Gasteiger partial charge in [0.1, 0.15) is 12.6 Å². The van der Waals surface area contributed by atoms with Gasteiger partial charge in [0.2, 0.25) is 5.91 Å². The third-order valence-electron chi connectivity index (χ3n) is 2.62. The number of carbonyl (C=O) groups is 2. The van der Waals surface area contributed by atoms with Crippen LogP contribution in [-0.4, -0.2) is 27.6 Å². The van der Waals surface area contributed by atoms with Gasteiger partial charge in [0.15, 0.2) is 0 Å². The summed E-state index contributed by atoms with van der Waals surface area (Å²) in [5.41, 5.74) is 0.695. The average molecular weight is 286 g/mol. The Hall–Kier alpha value is -1.63. The summed E-state index contributed by atoms with van der Waals surface area (Å²) in [6, 6.07) is -0.915. The molecular weight excluding hydrogens is 268 g/mol. The smallest absolute Gasteiger partial charge is 0.326 e. The van der Waals surface area contributed by atoms with E-state index in [1.807, 2.05) is 13.8 Å². The van der Waals surface area contributed by atoms with Crippen LogP contribution in [0.15, 0.2) is 10.2 Å². The predicted molar refractivity (Wildman–Crippen MR) is 72.3 cm³/mol. The van der Waals surface area contributed by atoms with Gasteiger partial charge in [0.05, 0.1) is 0 Å². The Bertz CT molecular complexity index is 518. The van der Waals surface area contributed by atoms with Crippen LogP contribution in [0, 0.1) is 12.8 Å². The lowest BCUT2D eigenvalue weighted by Crippen LogP contribution is -2.43. The molecule has 1 aromatic rings. The molecule has 7 heteroatoms. The van der Waals surface area contributed by atoms with Gasteiger partial charge < -0.3 is 10.4 Å². The SMILES string of the molecule is Cc1csc(=O)n1CC(=O)N[C@@H](CC(C)C)C(=O)O. The van der Waals surface area contributed by atoms with E-state index < -0.39 is 17.9 Å². The average Bonchev–Trinajstić information content (AvgIpc) is 2.59. The van der Waals surface area contributed by atoms with Gasteiger partial charge in [-0.2, -0.15) is 0 Å². The summed E-state index contributed by atoms with van der Waals surface area (Å²) in [7, 11) is 0. The molecule has 1 atom stereocenters. The van der Waals surface area contributed by atoms with E-state index in [-0.39, 0.29) is 17.3 Å². The zero-order valence-electron chi connectivity index (χ0n) is 11.2. The maximum atomic E-state index is 11.8. The lowest BCUT2D eigenvalue weighted by molar-refractivity contribution is -0.142. The van der Waals surface area contributed by atoms with Crippen molar-refractivity contribution in [2.45, 2.75) is 39.8 Å². The minimum atomic E-state index is -1.06. The zero-order valence-corrected chi connectivity index (χ0v) is 12.0. The largest absolute Gasteiger partial charge is 0.480 e. The summed E-state index contributed by atoms with van der Waals surface area (Å²) < 4.78 is 1.33. The Kier molecular flexibility index (Phi) is 5.29. The van der Waals surface area contributed by atoms with Crippen LogP contribution in [0.5, 0.6) is 0 Å². The lowest BCUT2D eigenvalue weighted by Gasteiger charge is -2.16. The third-order valence-corrected chi connectivity index (χ3v) is 3.50. The first-order chi connectivity index (χ1) is 8.81. The molecule has 1 rings (SSSR count). The van der Waals surface area contributed by atoms with Crippen molar-refractivity contribution in [1.29, 1.82) is 0 Å². The van der Waals surface area contributed by atoms with Crippen LogP contribution < -0.4 is 10.2 Å². The number of aryl methyl sites for hydroxylation is 1. The highest BCUT2D eigenvalue weighted by Crippen LogP contribution is 2.05. The number of carboxylic acids is 1. The van der Waals surface area contributed by atoms with Crippen molar-refractivity contribution < 1.29 is 14.7 Å². The Balaban J connectivity index is 2.68. The molecule has 0 aliphatic heterocycles. The van der Waals surface area contributed by atoms with E-state index in [9.17, 15) is 14.4 Å². The molecule has 19 heavy (non-hydrogen) atoms. The van der Waals surface area contributed by atoms with Crippen molar-refractivity contribution in [2.24, 2.45) is 5.92 Å². The fourth-order valence-corrected chi connectivity index (χ4v) is 2.41. The van der Waals surface area contributed by atoms with E-state index in [0.717, 1.165) is 11.3 Å². The standard InChI is InChI=1S/C12H18N2O4S/c1-7(2)4-9(11(16)17)13-10(15)5-14-8(3)6-19-12(14)18/h6-7,9H,4-5H2,1-3H3,(H,13,15)(H,16,17)/t9-/m0/s1. The van der Waals surface area contributed by atoms with Gasteiger partial charge in [-0.1, -0.05) is 25.2 Å². The van der Waals surface area contributed by atoms with Crippen LogP contribution in [-0.2, 0) is 16.1 Å².